The van der Waals surface area contributed by atoms with Crippen molar-refractivity contribution in [3.8, 4) is 0 Å². The van der Waals surface area contributed by atoms with Crippen LogP contribution in [0.1, 0.15) is 30.0 Å². The molecule has 0 unspecified atom stereocenters. The molecule has 0 aromatic heterocycles. The van der Waals surface area contributed by atoms with Crippen LogP contribution in [0.2, 0.25) is 5.02 Å². The molecule has 0 amide bonds. The number of halogens is 1. The molecule has 1 N–H and O–H groups in total. The molecule has 0 aliphatic carbocycles. The number of hydrogen-bond donors (Lipinski definition) is 1. The molecule has 3 nitrogen and oxygen atoms in total. The topological polar surface area (TPSA) is 38.3 Å². The maximum Gasteiger partial charge on any atom is 0.330 e. The van der Waals surface area contributed by atoms with Gasteiger partial charge in [-0.25, -0.2) is 4.79 Å². The fraction of sp³-hybridized carbons (Fsp3) is 0.357. The van der Waals surface area contributed by atoms with Gasteiger partial charge in [-0.2, -0.15) is 0 Å². The van der Waals surface area contributed by atoms with Crippen molar-refractivity contribution in [1.82, 2.24) is 5.32 Å². The zero-order chi connectivity index (χ0) is 13.0. The van der Waals surface area contributed by atoms with Gasteiger partial charge in [-0.1, -0.05) is 23.7 Å². The summed E-state index contributed by atoms with van der Waals surface area (Å²) in [5.41, 5.74) is 2.02. The third-order valence-electron chi connectivity index (χ3n) is 3.07. The average Bonchev–Trinajstić information content (AvgIpc) is 2.89. The van der Waals surface area contributed by atoms with Gasteiger partial charge >= 0.3 is 5.97 Å². The Bertz CT molecular complexity index is 465. The highest BCUT2D eigenvalue weighted by Crippen LogP contribution is 2.30. The van der Waals surface area contributed by atoms with E-state index < -0.39 is 0 Å². The molecular formula is C14H16ClNO2. The monoisotopic (exact) mass is 265 g/mol. The van der Waals surface area contributed by atoms with Crippen LogP contribution in [-0.2, 0) is 9.53 Å². The minimum atomic E-state index is -0.368. The number of methoxy groups -OCH3 is 1. The summed E-state index contributed by atoms with van der Waals surface area (Å²) in [5.74, 6) is -0.368. The molecule has 1 saturated heterocycles. The second-order valence-corrected chi connectivity index (χ2v) is 4.69. The van der Waals surface area contributed by atoms with E-state index in [4.69, 9.17) is 11.6 Å². The minimum Gasteiger partial charge on any atom is -0.466 e. The predicted octanol–water partition coefficient (Wildman–Crippen LogP) is 2.95. The lowest BCUT2D eigenvalue weighted by Crippen LogP contribution is -2.13. The van der Waals surface area contributed by atoms with E-state index in [9.17, 15) is 4.79 Å². The van der Waals surface area contributed by atoms with E-state index in [1.54, 1.807) is 6.08 Å². The van der Waals surface area contributed by atoms with Crippen LogP contribution in [0, 0.1) is 0 Å². The van der Waals surface area contributed by atoms with Crippen molar-refractivity contribution in [2.75, 3.05) is 13.7 Å². The van der Waals surface area contributed by atoms with E-state index in [1.165, 1.54) is 19.6 Å². The van der Waals surface area contributed by atoms with Crippen molar-refractivity contribution in [3.63, 3.8) is 0 Å². The van der Waals surface area contributed by atoms with E-state index in [2.05, 4.69) is 10.1 Å². The van der Waals surface area contributed by atoms with Crippen molar-refractivity contribution >= 4 is 23.6 Å². The lowest BCUT2D eigenvalue weighted by atomic mass is 10.0. The summed E-state index contributed by atoms with van der Waals surface area (Å²) in [4.78, 5) is 11.0. The molecular weight excluding hydrogens is 250 g/mol. The minimum absolute atomic E-state index is 0.358. The summed E-state index contributed by atoms with van der Waals surface area (Å²) in [6.07, 6.45) is 5.39. The predicted molar refractivity (Wildman–Crippen MR) is 72.5 cm³/mol. The number of nitrogens with one attached hydrogen (secondary N) is 1. The van der Waals surface area contributed by atoms with Crippen LogP contribution in [0.3, 0.4) is 0 Å². The molecule has 0 saturated carbocycles. The molecule has 1 fully saturated rings. The van der Waals surface area contributed by atoms with Gasteiger partial charge in [0.25, 0.3) is 0 Å². The highest BCUT2D eigenvalue weighted by Gasteiger charge is 2.18. The van der Waals surface area contributed by atoms with E-state index in [0.717, 1.165) is 29.1 Å². The molecule has 1 aliphatic rings. The zero-order valence-corrected chi connectivity index (χ0v) is 11.0. The molecule has 1 aliphatic heterocycles. The molecule has 4 heteroatoms. The Kier molecular flexibility index (Phi) is 4.39. The first-order chi connectivity index (χ1) is 8.70. The van der Waals surface area contributed by atoms with Crippen LogP contribution in [0.4, 0.5) is 0 Å². The Morgan fingerprint density at radius 2 is 2.39 bits per heavy atom. The summed E-state index contributed by atoms with van der Waals surface area (Å²) in [6.45, 7) is 1.05. The van der Waals surface area contributed by atoms with E-state index in [-0.39, 0.29) is 5.97 Å². The second kappa shape index (κ2) is 6.03. The Hall–Kier alpha value is -1.32. The van der Waals surface area contributed by atoms with Gasteiger partial charge in [0.2, 0.25) is 0 Å². The summed E-state index contributed by atoms with van der Waals surface area (Å²) >= 11 is 6.27. The van der Waals surface area contributed by atoms with Crippen molar-refractivity contribution in [2.45, 2.75) is 18.9 Å². The van der Waals surface area contributed by atoms with Crippen LogP contribution >= 0.6 is 11.6 Å². The van der Waals surface area contributed by atoms with Gasteiger partial charge in [-0.05, 0) is 42.7 Å². The van der Waals surface area contributed by atoms with Gasteiger partial charge < -0.3 is 10.1 Å². The number of esters is 1. The molecule has 1 aromatic carbocycles. The molecule has 0 spiro atoms. The van der Waals surface area contributed by atoms with E-state index in [1.807, 2.05) is 18.2 Å². The maximum absolute atomic E-state index is 11.0. The van der Waals surface area contributed by atoms with E-state index in [0.29, 0.717) is 6.04 Å². The number of carbonyl (C=O) groups excluding carboxylic acids is 1. The molecule has 1 aromatic rings. The van der Waals surface area contributed by atoms with Gasteiger partial charge in [0.15, 0.2) is 0 Å². The smallest absolute Gasteiger partial charge is 0.330 e. The number of benzene rings is 1. The largest absolute Gasteiger partial charge is 0.466 e. The third-order valence-corrected chi connectivity index (χ3v) is 3.40. The quantitative estimate of drug-likeness (QED) is 0.675. The molecule has 0 bridgehead atoms. The standard InChI is InChI=1S/C14H16ClNO2/c1-18-14(17)7-5-10-4-6-11(12(15)9-10)13-3-2-8-16-13/h4-7,9,13,16H,2-3,8H2,1H3/b7-5+/t13-/m0/s1. The number of carbonyl (C=O) groups is 1. The summed E-state index contributed by atoms with van der Waals surface area (Å²) in [6, 6.07) is 6.20. The van der Waals surface area contributed by atoms with Crippen LogP contribution in [0.25, 0.3) is 6.08 Å². The van der Waals surface area contributed by atoms with Crippen LogP contribution in [-0.4, -0.2) is 19.6 Å². The first-order valence-corrected chi connectivity index (χ1v) is 6.37. The SMILES string of the molecule is COC(=O)/C=C/c1ccc([C@@H]2CCCN2)c(Cl)c1. The Balaban J connectivity index is 2.14. The van der Waals surface area contributed by atoms with Crippen LogP contribution in [0.15, 0.2) is 24.3 Å². The van der Waals surface area contributed by atoms with Crippen molar-refractivity contribution < 1.29 is 9.53 Å². The maximum atomic E-state index is 11.0. The third kappa shape index (κ3) is 3.12. The molecule has 0 radical (unpaired) electrons. The van der Waals surface area contributed by atoms with Crippen molar-refractivity contribution in [2.24, 2.45) is 0 Å². The molecule has 1 heterocycles. The summed E-state index contributed by atoms with van der Waals surface area (Å²) in [7, 11) is 1.36. The van der Waals surface area contributed by atoms with Gasteiger partial charge in [0.1, 0.15) is 0 Å². The molecule has 18 heavy (non-hydrogen) atoms. The Labute approximate surface area is 112 Å². The summed E-state index contributed by atoms with van der Waals surface area (Å²) in [5, 5.41) is 4.15. The number of hydrogen-bond acceptors (Lipinski definition) is 3. The lowest BCUT2D eigenvalue weighted by molar-refractivity contribution is -0.134. The second-order valence-electron chi connectivity index (χ2n) is 4.29. The highest BCUT2D eigenvalue weighted by molar-refractivity contribution is 6.31. The van der Waals surface area contributed by atoms with E-state index >= 15 is 0 Å². The average molecular weight is 266 g/mol. The van der Waals surface area contributed by atoms with Crippen molar-refractivity contribution in [3.05, 3.63) is 40.4 Å². The van der Waals surface area contributed by atoms with Crippen LogP contribution < -0.4 is 5.32 Å². The lowest BCUT2D eigenvalue weighted by Gasteiger charge is -2.12. The Morgan fingerprint density at radius 1 is 1.56 bits per heavy atom. The van der Waals surface area contributed by atoms with Crippen molar-refractivity contribution in [1.29, 1.82) is 0 Å². The molecule has 96 valence electrons. The normalized spacial score (nSPS) is 19.3. The highest BCUT2D eigenvalue weighted by atomic mass is 35.5. The van der Waals surface area contributed by atoms with Gasteiger partial charge in [0.05, 0.1) is 7.11 Å². The Morgan fingerprint density at radius 3 is 3.00 bits per heavy atom. The first kappa shape index (κ1) is 13.1. The fourth-order valence-corrected chi connectivity index (χ4v) is 2.43. The zero-order valence-electron chi connectivity index (χ0n) is 10.3. The van der Waals surface area contributed by atoms with Gasteiger partial charge in [0, 0.05) is 17.1 Å². The fourth-order valence-electron chi connectivity index (χ4n) is 2.11. The molecule has 2 rings (SSSR count). The van der Waals surface area contributed by atoms with Gasteiger partial charge in [-0.3, -0.25) is 0 Å². The summed E-state index contributed by atoms with van der Waals surface area (Å²) < 4.78 is 4.54. The number of rotatable bonds is 3. The first-order valence-electron chi connectivity index (χ1n) is 5.99. The van der Waals surface area contributed by atoms with Gasteiger partial charge in [-0.15, -0.1) is 0 Å². The number of ether oxygens (including phenoxy) is 1. The molecule has 1 atom stereocenters. The van der Waals surface area contributed by atoms with Crippen LogP contribution in [0.5, 0.6) is 0 Å².